The Morgan fingerprint density at radius 3 is 2.57 bits per heavy atom. The van der Waals surface area contributed by atoms with Crippen LogP contribution in [0.25, 0.3) is 6.08 Å². The van der Waals surface area contributed by atoms with Gasteiger partial charge in [0.15, 0.2) is 17.5 Å². The van der Waals surface area contributed by atoms with Crippen LogP contribution in [0.15, 0.2) is 42.7 Å². The molecule has 23 heavy (non-hydrogen) atoms. The molecular formula is C16H13F3N2O2. The summed E-state index contributed by atoms with van der Waals surface area (Å²) in [6.07, 6.45) is 5.80. The van der Waals surface area contributed by atoms with Gasteiger partial charge in [0.2, 0.25) is 5.91 Å². The highest BCUT2D eigenvalue weighted by atomic mass is 19.2. The van der Waals surface area contributed by atoms with Crippen molar-refractivity contribution >= 4 is 12.0 Å². The van der Waals surface area contributed by atoms with Crippen LogP contribution < -0.4 is 5.32 Å². The lowest BCUT2D eigenvalue weighted by molar-refractivity contribution is -0.117. The smallest absolute Gasteiger partial charge is 0.244 e. The molecule has 0 saturated carbocycles. The summed E-state index contributed by atoms with van der Waals surface area (Å²) < 4.78 is 39.4. The number of aromatic nitrogens is 1. The second-order valence-electron chi connectivity index (χ2n) is 4.66. The number of aliphatic hydroxyl groups is 1. The fourth-order valence-electron chi connectivity index (χ4n) is 1.88. The standard InChI is InChI=1S/C16H13F3N2O2/c17-12-6-11(7-13(18)16(12)19)14(9-22)21-15(23)4-3-10-2-1-5-20-8-10/h1-8,14,22H,9H2,(H,21,23)/b4-3+. The molecule has 1 aromatic heterocycles. The van der Waals surface area contributed by atoms with E-state index in [1.165, 1.54) is 18.3 Å². The third-order valence-electron chi connectivity index (χ3n) is 3.02. The summed E-state index contributed by atoms with van der Waals surface area (Å²) >= 11 is 0. The van der Waals surface area contributed by atoms with Crippen LogP contribution in [0, 0.1) is 17.5 Å². The van der Waals surface area contributed by atoms with Crippen molar-refractivity contribution in [3.63, 3.8) is 0 Å². The number of hydrogen-bond acceptors (Lipinski definition) is 3. The highest BCUT2D eigenvalue weighted by Crippen LogP contribution is 2.19. The van der Waals surface area contributed by atoms with Crippen molar-refractivity contribution < 1.29 is 23.1 Å². The fourth-order valence-corrected chi connectivity index (χ4v) is 1.88. The van der Waals surface area contributed by atoms with E-state index < -0.39 is 36.0 Å². The zero-order valence-corrected chi connectivity index (χ0v) is 11.8. The Labute approximate surface area is 130 Å². The molecule has 0 bridgehead atoms. The van der Waals surface area contributed by atoms with Crippen molar-refractivity contribution in [2.75, 3.05) is 6.61 Å². The average molecular weight is 322 g/mol. The van der Waals surface area contributed by atoms with Crippen LogP contribution in [0.3, 0.4) is 0 Å². The highest BCUT2D eigenvalue weighted by Gasteiger charge is 2.18. The Bertz CT molecular complexity index is 698. The maximum Gasteiger partial charge on any atom is 0.244 e. The summed E-state index contributed by atoms with van der Waals surface area (Å²) in [7, 11) is 0. The van der Waals surface area contributed by atoms with Gasteiger partial charge in [-0.05, 0) is 35.4 Å². The number of benzene rings is 1. The number of carbonyl (C=O) groups is 1. The number of rotatable bonds is 5. The van der Waals surface area contributed by atoms with Gasteiger partial charge in [0.1, 0.15) is 0 Å². The predicted octanol–water partition coefficient (Wildman–Crippen LogP) is 2.36. The fraction of sp³-hybridized carbons (Fsp3) is 0.125. The molecule has 1 aromatic carbocycles. The molecule has 1 unspecified atom stereocenters. The minimum atomic E-state index is -1.60. The van der Waals surface area contributed by atoms with E-state index in [2.05, 4.69) is 10.3 Å². The zero-order chi connectivity index (χ0) is 16.8. The number of aliphatic hydroxyl groups excluding tert-OH is 1. The first kappa shape index (κ1) is 16.7. The Hall–Kier alpha value is -2.67. The number of nitrogens with zero attached hydrogens (tertiary/aromatic N) is 1. The minimum absolute atomic E-state index is 0.0768. The van der Waals surface area contributed by atoms with Crippen LogP contribution in [-0.2, 0) is 4.79 Å². The molecule has 4 nitrogen and oxygen atoms in total. The van der Waals surface area contributed by atoms with Gasteiger partial charge in [-0.1, -0.05) is 6.07 Å². The number of nitrogens with one attached hydrogen (secondary N) is 1. The Morgan fingerprint density at radius 1 is 1.30 bits per heavy atom. The van der Waals surface area contributed by atoms with Crippen LogP contribution in [0.4, 0.5) is 13.2 Å². The van der Waals surface area contributed by atoms with E-state index in [0.29, 0.717) is 5.56 Å². The summed E-state index contributed by atoms with van der Waals surface area (Å²) in [6.45, 7) is -0.600. The molecule has 0 aliphatic heterocycles. The number of pyridine rings is 1. The first-order valence-electron chi connectivity index (χ1n) is 6.65. The summed E-state index contributed by atoms with van der Waals surface area (Å²) in [6, 6.07) is 3.81. The number of halogens is 3. The van der Waals surface area contributed by atoms with Gasteiger partial charge in [-0.15, -0.1) is 0 Å². The quantitative estimate of drug-likeness (QED) is 0.656. The maximum atomic E-state index is 13.2. The zero-order valence-electron chi connectivity index (χ0n) is 11.8. The van der Waals surface area contributed by atoms with E-state index in [0.717, 1.165) is 12.1 Å². The maximum absolute atomic E-state index is 13.2. The molecule has 0 aliphatic carbocycles. The molecule has 0 radical (unpaired) electrons. The topological polar surface area (TPSA) is 62.2 Å². The summed E-state index contributed by atoms with van der Waals surface area (Å²) in [5.74, 6) is -4.97. The first-order valence-corrected chi connectivity index (χ1v) is 6.65. The molecule has 0 spiro atoms. The SMILES string of the molecule is O=C(/C=C/c1cccnc1)NC(CO)c1cc(F)c(F)c(F)c1. The molecule has 7 heteroatoms. The van der Waals surface area contributed by atoms with Crippen molar-refractivity contribution in [1.29, 1.82) is 0 Å². The normalized spacial score (nSPS) is 12.3. The Morgan fingerprint density at radius 2 is 2.00 bits per heavy atom. The second-order valence-corrected chi connectivity index (χ2v) is 4.66. The molecule has 1 amide bonds. The van der Waals surface area contributed by atoms with Crippen molar-refractivity contribution in [2.45, 2.75) is 6.04 Å². The molecule has 2 rings (SSSR count). The molecule has 120 valence electrons. The number of carbonyl (C=O) groups excluding carboxylic acids is 1. The van der Waals surface area contributed by atoms with Gasteiger partial charge in [0.25, 0.3) is 0 Å². The Balaban J connectivity index is 2.10. The molecular weight excluding hydrogens is 309 g/mol. The summed E-state index contributed by atoms with van der Waals surface area (Å²) in [4.78, 5) is 15.7. The number of hydrogen-bond donors (Lipinski definition) is 2. The lowest BCUT2D eigenvalue weighted by Crippen LogP contribution is -2.29. The largest absolute Gasteiger partial charge is 0.394 e. The molecule has 2 N–H and O–H groups in total. The van der Waals surface area contributed by atoms with Crippen molar-refractivity contribution in [3.05, 3.63) is 71.3 Å². The predicted molar refractivity (Wildman–Crippen MR) is 77.6 cm³/mol. The molecule has 0 saturated heterocycles. The van der Waals surface area contributed by atoms with E-state index in [4.69, 9.17) is 0 Å². The summed E-state index contributed by atoms with van der Waals surface area (Å²) in [5, 5.41) is 11.7. The van der Waals surface area contributed by atoms with Crippen LogP contribution in [0.5, 0.6) is 0 Å². The van der Waals surface area contributed by atoms with Gasteiger partial charge in [0, 0.05) is 18.5 Å². The third kappa shape index (κ3) is 4.40. The van der Waals surface area contributed by atoms with Gasteiger partial charge in [-0.3, -0.25) is 9.78 Å². The highest BCUT2D eigenvalue weighted by molar-refractivity contribution is 5.91. The molecule has 1 heterocycles. The van der Waals surface area contributed by atoms with E-state index in [1.54, 1.807) is 18.3 Å². The van der Waals surface area contributed by atoms with Crippen LogP contribution in [0.1, 0.15) is 17.2 Å². The van der Waals surface area contributed by atoms with Gasteiger partial charge >= 0.3 is 0 Å². The lowest BCUT2D eigenvalue weighted by atomic mass is 10.1. The second kappa shape index (κ2) is 7.55. The average Bonchev–Trinajstić information content (AvgIpc) is 2.56. The van der Waals surface area contributed by atoms with E-state index >= 15 is 0 Å². The minimum Gasteiger partial charge on any atom is -0.394 e. The van der Waals surface area contributed by atoms with Crippen LogP contribution in [0.2, 0.25) is 0 Å². The van der Waals surface area contributed by atoms with E-state index in [-0.39, 0.29) is 5.56 Å². The van der Waals surface area contributed by atoms with Crippen LogP contribution in [-0.4, -0.2) is 22.6 Å². The Kier molecular flexibility index (Phi) is 5.48. The molecule has 0 fully saturated rings. The van der Waals surface area contributed by atoms with Crippen molar-refractivity contribution in [2.24, 2.45) is 0 Å². The third-order valence-corrected chi connectivity index (χ3v) is 3.02. The van der Waals surface area contributed by atoms with E-state index in [1.807, 2.05) is 0 Å². The number of amides is 1. The van der Waals surface area contributed by atoms with E-state index in [9.17, 15) is 23.1 Å². The van der Waals surface area contributed by atoms with Gasteiger partial charge in [0.05, 0.1) is 12.6 Å². The molecule has 2 aromatic rings. The van der Waals surface area contributed by atoms with Crippen LogP contribution >= 0.6 is 0 Å². The lowest BCUT2D eigenvalue weighted by Gasteiger charge is -2.16. The van der Waals surface area contributed by atoms with Gasteiger partial charge in [-0.25, -0.2) is 13.2 Å². The van der Waals surface area contributed by atoms with Gasteiger partial charge in [-0.2, -0.15) is 0 Å². The first-order chi connectivity index (χ1) is 11.0. The molecule has 0 aliphatic rings. The summed E-state index contributed by atoms with van der Waals surface area (Å²) in [5.41, 5.74) is 0.606. The van der Waals surface area contributed by atoms with Gasteiger partial charge < -0.3 is 10.4 Å². The monoisotopic (exact) mass is 322 g/mol. The molecule has 1 atom stereocenters. The van der Waals surface area contributed by atoms with Crippen molar-refractivity contribution in [3.8, 4) is 0 Å². The van der Waals surface area contributed by atoms with Crippen molar-refractivity contribution in [1.82, 2.24) is 10.3 Å².